The van der Waals surface area contributed by atoms with Crippen LogP contribution in [-0.2, 0) is 12.8 Å². The van der Waals surface area contributed by atoms with Crippen LogP contribution in [-0.4, -0.2) is 0 Å². The number of hydrogen-bond acceptors (Lipinski definition) is 0. The normalized spacial score (nSPS) is 11.6. The summed E-state index contributed by atoms with van der Waals surface area (Å²) in [7, 11) is 0. The predicted molar refractivity (Wildman–Crippen MR) is 81.9 cm³/mol. The van der Waals surface area contributed by atoms with Crippen molar-refractivity contribution in [3.8, 4) is 0 Å². The summed E-state index contributed by atoms with van der Waals surface area (Å²) in [5, 5.41) is 0. The number of benzene rings is 1. The Hall–Kier alpha value is -1.30. The Kier molecular flexibility index (Phi) is 7.17. The first-order chi connectivity index (χ1) is 8.76. The van der Waals surface area contributed by atoms with Gasteiger partial charge in [0.1, 0.15) is 0 Å². The molecule has 0 aromatic heterocycles. The molecule has 0 heteroatoms. The number of allylic oxidation sites excluding steroid dienone is 3. The van der Waals surface area contributed by atoms with Gasteiger partial charge in [-0.05, 0) is 57.1 Å². The van der Waals surface area contributed by atoms with Crippen molar-refractivity contribution >= 4 is 0 Å². The fraction of sp³-hybridized carbons (Fsp3) is 0.444. The molecule has 0 aliphatic rings. The van der Waals surface area contributed by atoms with Gasteiger partial charge in [0.25, 0.3) is 0 Å². The second-order valence-electron chi connectivity index (χ2n) is 5.02. The van der Waals surface area contributed by atoms with Gasteiger partial charge in [-0.15, -0.1) is 6.58 Å². The van der Waals surface area contributed by atoms with Crippen LogP contribution in [0.25, 0.3) is 0 Å². The first-order valence-corrected chi connectivity index (χ1v) is 7.06. The second kappa shape index (κ2) is 8.74. The molecule has 18 heavy (non-hydrogen) atoms. The molecule has 1 aromatic carbocycles. The molecule has 0 aliphatic carbocycles. The van der Waals surface area contributed by atoms with Crippen LogP contribution in [0.4, 0.5) is 0 Å². The molecule has 0 N–H and O–H groups in total. The van der Waals surface area contributed by atoms with Crippen molar-refractivity contribution < 1.29 is 0 Å². The van der Waals surface area contributed by atoms with Crippen LogP contribution in [0.15, 0.2) is 48.6 Å². The number of rotatable bonds is 8. The van der Waals surface area contributed by atoms with Gasteiger partial charge in [-0.1, -0.05) is 48.4 Å². The lowest BCUT2D eigenvalue weighted by Crippen LogP contribution is -1.89. The smallest absolute Gasteiger partial charge is 0.00700 e. The maximum Gasteiger partial charge on any atom is -0.00700 e. The molecule has 0 spiro atoms. The highest BCUT2D eigenvalue weighted by molar-refractivity contribution is 5.25. The molecular weight excluding hydrogens is 216 g/mol. The zero-order valence-electron chi connectivity index (χ0n) is 11.9. The van der Waals surface area contributed by atoms with Gasteiger partial charge in [-0.2, -0.15) is 0 Å². The Labute approximate surface area is 112 Å². The zero-order chi connectivity index (χ0) is 13.2. The molecule has 0 radical (unpaired) electrons. The molecule has 0 fully saturated rings. The molecule has 0 heterocycles. The van der Waals surface area contributed by atoms with Crippen molar-refractivity contribution in [2.24, 2.45) is 0 Å². The average molecular weight is 242 g/mol. The highest BCUT2D eigenvalue weighted by atomic mass is 14.0. The van der Waals surface area contributed by atoms with Crippen molar-refractivity contribution in [2.75, 3.05) is 0 Å². The van der Waals surface area contributed by atoms with Crippen LogP contribution >= 0.6 is 0 Å². The zero-order valence-corrected chi connectivity index (χ0v) is 11.9. The van der Waals surface area contributed by atoms with E-state index in [1.54, 1.807) is 0 Å². The largest absolute Gasteiger partial charge is 0.103 e. The van der Waals surface area contributed by atoms with Gasteiger partial charge in [0, 0.05) is 0 Å². The van der Waals surface area contributed by atoms with Crippen LogP contribution in [0.3, 0.4) is 0 Å². The lowest BCUT2D eigenvalue weighted by atomic mass is 10.0. The third-order valence-corrected chi connectivity index (χ3v) is 3.37. The lowest BCUT2D eigenvalue weighted by molar-refractivity contribution is 0.687. The van der Waals surface area contributed by atoms with E-state index in [9.17, 15) is 0 Å². The lowest BCUT2D eigenvalue weighted by Gasteiger charge is -2.04. The van der Waals surface area contributed by atoms with Gasteiger partial charge in [0.15, 0.2) is 0 Å². The Morgan fingerprint density at radius 1 is 1.06 bits per heavy atom. The minimum atomic E-state index is 1.08. The van der Waals surface area contributed by atoms with Crippen molar-refractivity contribution in [1.29, 1.82) is 0 Å². The van der Waals surface area contributed by atoms with Crippen molar-refractivity contribution in [1.82, 2.24) is 0 Å². The second-order valence-corrected chi connectivity index (χ2v) is 5.02. The van der Waals surface area contributed by atoms with E-state index in [1.807, 2.05) is 6.08 Å². The van der Waals surface area contributed by atoms with Crippen LogP contribution in [0, 0.1) is 0 Å². The van der Waals surface area contributed by atoms with Gasteiger partial charge in [0.05, 0.1) is 0 Å². The molecule has 1 rings (SSSR count). The standard InChI is InChI=1S/C18H26/c1-4-6-7-8-9-10-17-11-13-18(14-12-17)15-16(3)5-2/h4-5,11-14H,1,6-10,15H2,2-3H3/b16-5+. The Bertz CT molecular complexity index is 368. The topological polar surface area (TPSA) is 0 Å². The SMILES string of the molecule is C=CCCCCCc1ccc(C/C(C)=C/C)cc1. The molecular formula is C18H26. The predicted octanol–water partition coefficient (Wildman–Crippen LogP) is 5.48. The summed E-state index contributed by atoms with van der Waals surface area (Å²) < 4.78 is 0. The van der Waals surface area contributed by atoms with Crippen LogP contribution in [0.5, 0.6) is 0 Å². The summed E-state index contributed by atoms with van der Waals surface area (Å²) in [5.74, 6) is 0. The van der Waals surface area contributed by atoms with Gasteiger partial charge in [-0.25, -0.2) is 0 Å². The number of aryl methyl sites for hydroxylation is 1. The Morgan fingerprint density at radius 2 is 1.72 bits per heavy atom. The Balaban J connectivity index is 2.33. The third kappa shape index (κ3) is 5.86. The van der Waals surface area contributed by atoms with E-state index in [1.165, 1.54) is 42.4 Å². The van der Waals surface area contributed by atoms with Crippen LogP contribution in [0.2, 0.25) is 0 Å². The highest BCUT2D eigenvalue weighted by Gasteiger charge is 1.96. The maximum atomic E-state index is 3.75. The summed E-state index contributed by atoms with van der Waals surface area (Å²) in [6, 6.07) is 9.11. The highest BCUT2D eigenvalue weighted by Crippen LogP contribution is 2.12. The summed E-state index contributed by atoms with van der Waals surface area (Å²) in [6.07, 6.45) is 11.5. The van der Waals surface area contributed by atoms with E-state index in [2.05, 4.69) is 50.8 Å². The molecule has 98 valence electrons. The summed E-state index contributed by atoms with van der Waals surface area (Å²) >= 11 is 0. The van der Waals surface area contributed by atoms with Gasteiger partial charge in [0.2, 0.25) is 0 Å². The summed E-state index contributed by atoms with van der Waals surface area (Å²) in [4.78, 5) is 0. The minimum absolute atomic E-state index is 1.08. The fourth-order valence-corrected chi connectivity index (χ4v) is 2.04. The molecule has 0 amide bonds. The molecule has 0 nitrogen and oxygen atoms in total. The first-order valence-electron chi connectivity index (χ1n) is 7.06. The monoisotopic (exact) mass is 242 g/mol. The van der Waals surface area contributed by atoms with Crippen LogP contribution < -0.4 is 0 Å². The average Bonchev–Trinajstić information content (AvgIpc) is 2.40. The summed E-state index contributed by atoms with van der Waals surface area (Å²) in [5.41, 5.74) is 4.32. The Morgan fingerprint density at radius 3 is 2.33 bits per heavy atom. The van der Waals surface area contributed by atoms with Crippen molar-refractivity contribution in [3.63, 3.8) is 0 Å². The number of unbranched alkanes of at least 4 members (excludes halogenated alkanes) is 3. The molecule has 0 saturated carbocycles. The summed E-state index contributed by atoms with van der Waals surface area (Å²) in [6.45, 7) is 8.04. The van der Waals surface area contributed by atoms with Crippen molar-refractivity contribution in [2.45, 2.75) is 52.4 Å². The van der Waals surface area contributed by atoms with E-state index in [4.69, 9.17) is 0 Å². The van der Waals surface area contributed by atoms with Crippen LogP contribution in [0.1, 0.15) is 50.7 Å². The third-order valence-electron chi connectivity index (χ3n) is 3.37. The molecule has 0 saturated heterocycles. The van der Waals surface area contributed by atoms with Gasteiger partial charge in [-0.3, -0.25) is 0 Å². The maximum absolute atomic E-state index is 3.75. The fourth-order valence-electron chi connectivity index (χ4n) is 2.04. The van der Waals surface area contributed by atoms with E-state index in [0.717, 1.165) is 12.8 Å². The number of hydrogen-bond donors (Lipinski definition) is 0. The first kappa shape index (κ1) is 14.8. The van der Waals surface area contributed by atoms with Gasteiger partial charge >= 0.3 is 0 Å². The molecule has 0 unspecified atom stereocenters. The van der Waals surface area contributed by atoms with E-state index in [0.29, 0.717) is 0 Å². The minimum Gasteiger partial charge on any atom is -0.103 e. The molecule has 1 aromatic rings. The molecule has 0 atom stereocenters. The van der Waals surface area contributed by atoms with Crippen molar-refractivity contribution in [3.05, 3.63) is 59.7 Å². The van der Waals surface area contributed by atoms with E-state index >= 15 is 0 Å². The molecule has 0 aliphatic heterocycles. The quantitative estimate of drug-likeness (QED) is 0.418. The van der Waals surface area contributed by atoms with E-state index in [-0.39, 0.29) is 0 Å². The van der Waals surface area contributed by atoms with Gasteiger partial charge < -0.3 is 0 Å². The molecule has 0 bridgehead atoms. The van der Waals surface area contributed by atoms with E-state index < -0.39 is 0 Å².